The van der Waals surface area contributed by atoms with E-state index in [9.17, 15) is 4.79 Å². The third kappa shape index (κ3) is 6.27. The lowest BCUT2D eigenvalue weighted by atomic mass is 10.1. The minimum absolute atomic E-state index is 0.158. The minimum Gasteiger partial charge on any atom is -0.426 e. The van der Waals surface area contributed by atoms with Gasteiger partial charge in [0.25, 0.3) is 0 Å². The zero-order valence-electron chi connectivity index (χ0n) is 17.2. The van der Waals surface area contributed by atoms with Crippen molar-refractivity contribution in [2.24, 2.45) is 20.5 Å². The Bertz CT molecular complexity index is 1110. The number of esters is 1. The normalized spacial score (nSPS) is 11.1. The molecule has 0 atom stereocenters. The lowest BCUT2D eigenvalue weighted by Gasteiger charge is -2.05. The summed E-state index contributed by atoms with van der Waals surface area (Å²) in [7, 11) is 0. The molecule has 0 aliphatic rings. The van der Waals surface area contributed by atoms with Gasteiger partial charge in [-0.2, -0.15) is 20.5 Å². The van der Waals surface area contributed by atoms with Crippen LogP contribution >= 0.6 is 0 Å². The molecule has 0 amide bonds. The van der Waals surface area contributed by atoms with Crippen LogP contribution in [0, 0.1) is 0 Å². The Morgan fingerprint density at radius 1 is 0.531 bits per heavy atom. The number of carbonyl (C=O) groups is 1. The number of azo groups is 2. The van der Waals surface area contributed by atoms with Gasteiger partial charge in [-0.3, -0.25) is 4.79 Å². The highest BCUT2D eigenvalue weighted by Gasteiger charge is 2.07. The van der Waals surface area contributed by atoms with Crippen LogP contribution in [-0.4, -0.2) is 5.97 Å². The van der Waals surface area contributed by atoms with Crippen molar-refractivity contribution in [3.05, 3.63) is 115 Å². The fourth-order valence-corrected chi connectivity index (χ4v) is 2.82. The predicted molar refractivity (Wildman–Crippen MR) is 123 cm³/mol. The zero-order chi connectivity index (χ0) is 22.0. The maximum absolute atomic E-state index is 12.3. The molecule has 0 aromatic heterocycles. The smallest absolute Gasteiger partial charge is 0.315 e. The number of nitrogens with zero attached hydrogens (tertiary/aromatic N) is 4. The van der Waals surface area contributed by atoms with Crippen molar-refractivity contribution in [2.45, 2.75) is 6.42 Å². The second kappa shape index (κ2) is 10.5. The zero-order valence-corrected chi connectivity index (χ0v) is 17.2. The Hall–Kier alpha value is -4.45. The van der Waals surface area contributed by atoms with Crippen LogP contribution in [-0.2, 0) is 11.2 Å². The van der Waals surface area contributed by atoms with Gasteiger partial charge in [-0.05, 0) is 66.2 Å². The van der Waals surface area contributed by atoms with E-state index in [4.69, 9.17) is 4.74 Å². The number of ether oxygens (including phenoxy) is 1. The molecule has 0 unspecified atom stereocenters. The number of hydrogen-bond acceptors (Lipinski definition) is 6. The molecule has 4 aromatic carbocycles. The molecular formula is C26H20N4O2. The molecule has 0 fully saturated rings. The monoisotopic (exact) mass is 420 g/mol. The molecule has 0 heterocycles. The van der Waals surface area contributed by atoms with E-state index in [2.05, 4.69) is 20.5 Å². The van der Waals surface area contributed by atoms with E-state index >= 15 is 0 Å². The molecule has 4 aromatic rings. The first-order chi connectivity index (χ1) is 15.7. The fourth-order valence-electron chi connectivity index (χ4n) is 2.82. The maximum Gasteiger partial charge on any atom is 0.315 e. The molecular weight excluding hydrogens is 400 g/mol. The quantitative estimate of drug-likeness (QED) is 0.175. The van der Waals surface area contributed by atoms with Crippen LogP contribution in [0.1, 0.15) is 5.56 Å². The molecule has 0 saturated carbocycles. The van der Waals surface area contributed by atoms with Crippen LogP contribution in [0.15, 0.2) is 130 Å². The standard InChI is InChI=1S/C26H20N4O2/c31-26(19-20-11-13-23(14-12-20)29-27-21-7-3-1-4-8-21)32-25-17-15-24(16-18-25)30-28-22-9-5-2-6-10-22/h1-18H,19H2. The second-order valence-electron chi connectivity index (χ2n) is 6.88. The molecule has 0 aliphatic heterocycles. The molecule has 156 valence electrons. The fraction of sp³-hybridized carbons (Fsp3) is 0.0385. The van der Waals surface area contributed by atoms with Crippen molar-refractivity contribution in [3.63, 3.8) is 0 Å². The highest BCUT2D eigenvalue weighted by atomic mass is 16.5. The van der Waals surface area contributed by atoms with Gasteiger partial charge in [-0.25, -0.2) is 0 Å². The van der Waals surface area contributed by atoms with Crippen LogP contribution in [0.3, 0.4) is 0 Å². The minimum atomic E-state index is -0.345. The molecule has 4 rings (SSSR count). The highest BCUT2D eigenvalue weighted by molar-refractivity contribution is 5.75. The summed E-state index contributed by atoms with van der Waals surface area (Å²) in [4.78, 5) is 12.3. The first kappa shape index (κ1) is 20.8. The third-order valence-electron chi connectivity index (χ3n) is 4.43. The van der Waals surface area contributed by atoms with E-state index < -0.39 is 0 Å². The van der Waals surface area contributed by atoms with Crippen molar-refractivity contribution < 1.29 is 9.53 Å². The molecule has 0 saturated heterocycles. The Balaban J connectivity index is 1.29. The van der Waals surface area contributed by atoms with Crippen LogP contribution in [0.25, 0.3) is 0 Å². The molecule has 6 heteroatoms. The van der Waals surface area contributed by atoms with Gasteiger partial charge in [0, 0.05) is 0 Å². The summed E-state index contributed by atoms with van der Waals surface area (Å²) in [6.45, 7) is 0. The number of carbonyl (C=O) groups excluding carboxylic acids is 1. The van der Waals surface area contributed by atoms with Gasteiger partial charge >= 0.3 is 5.97 Å². The van der Waals surface area contributed by atoms with Crippen LogP contribution in [0.4, 0.5) is 22.7 Å². The van der Waals surface area contributed by atoms with Gasteiger partial charge in [-0.1, -0.05) is 48.5 Å². The molecule has 32 heavy (non-hydrogen) atoms. The highest BCUT2D eigenvalue weighted by Crippen LogP contribution is 2.22. The Morgan fingerprint density at radius 2 is 0.938 bits per heavy atom. The van der Waals surface area contributed by atoms with E-state index in [1.165, 1.54) is 0 Å². The van der Waals surface area contributed by atoms with Crippen LogP contribution < -0.4 is 4.74 Å². The van der Waals surface area contributed by atoms with Gasteiger partial charge in [0.1, 0.15) is 5.75 Å². The number of rotatable bonds is 7. The topological polar surface area (TPSA) is 75.7 Å². The van der Waals surface area contributed by atoms with E-state index in [0.29, 0.717) is 17.1 Å². The van der Waals surface area contributed by atoms with E-state index in [-0.39, 0.29) is 12.4 Å². The maximum atomic E-state index is 12.3. The number of hydrogen-bond donors (Lipinski definition) is 0. The summed E-state index contributed by atoms with van der Waals surface area (Å²) in [6.07, 6.45) is 0.158. The SMILES string of the molecule is O=C(Cc1ccc(N=Nc2ccccc2)cc1)Oc1ccc(N=Nc2ccccc2)cc1. The van der Waals surface area contributed by atoms with E-state index in [1.807, 2.05) is 84.9 Å². The van der Waals surface area contributed by atoms with Crippen molar-refractivity contribution in [3.8, 4) is 5.75 Å². The van der Waals surface area contributed by atoms with Gasteiger partial charge in [0.05, 0.1) is 29.2 Å². The lowest BCUT2D eigenvalue weighted by Crippen LogP contribution is -2.10. The summed E-state index contributed by atoms with van der Waals surface area (Å²) >= 11 is 0. The second-order valence-corrected chi connectivity index (χ2v) is 6.88. The lowest BCUT2D eigenvalue weighted by molar-refractivity contribution is -0.133. The van der Waals surface area contributed by atoms with Crippen LogP contribution in [0.2, 0.25) is 0 Å². The molecule has 6 nitrogen and oxygen atoms in total. The van der Waals surface area contributed by atoms with Gasteiger partial charge in [0.2, 0.25) is 0 Å². The summed E-state index contributed by atoms with van der Waals surface area (Å²) in [5, 5.41) is 16.7. The Kier molecular flexibility index (Phi) is 6.85. The first-order valence-corrected chi connectivity index (χ1v) is 10.1. The van der Waals surface area contributed by atoms with Gasteiger partial charge in [-0.15, -0.1) is 0 Å². The summed E-state index contributed by atoms with van der Waals surface area (Å²) < 4.78 is 5.42. The van der Waals surface area contributed by atoms with E-state index in [0.717, 1.165) is 16.9 Å². The van der Waals surface area contributed by atoms with Crippen LogP contribution in [0.5, 0.6) is 5.75 Å². The predicted octanol–water partition coefficient (Wildman–Crippen LogP) is 7.67. The average molecular weight is 420 g/mol. The molecule has 0 aliphatic carbocycles. The first-order valence-electron chi connectivity index (χ1n) is 10.1. The molecule has 0 bridgehead atoms. The van der Waals surface area contributed by atoms with Crippen molar-refractivity contribution >= 4 is 28.7 Å². The van der Waals surface area contributed by atoms with Gasteiger partial charge in [0.15, 0.2) is 0 Å². The average Bonchev–Trinajstić information content (AvgIpc) is 2.84. The third-order valence-corrected chi connectivity index (χ3v) is 4.43. The molecule has 0 N–H and O–H groups in total. The molecule has 0 radical (unpaired) electrons. The van der Waals surface area contributed by atoms with Crippen molar-refractivity contribution in [1.29, 1.82) is 0 Å². The van der Waals surface area contributed by atoms with Gasteiger partial charge < -0.3 is 4.74 Å². The Morgan fingerprint density at radius 3 is 1.41 bits per heavy atom. The van der Waals surface area contributed by atoms with Crippen molar-refractivity contribution in [2.75, 3.05) is 0 Å². The summed E-state index contributed by atoms with van der Waals surface area (Å²) in [5.74, 6) is 0.115. The van der Waals surface area contributed by atoms with Crippen molar-refractivity contribution in [1.82, 2.24) is 0 Å². The summed E-state index contributed by atoms with van der Waals surface area (Å²) in [5.41, 5.74) is 3.78. The number of benzene rings is 4. The Labute approximate surface area is 186 Å². The largest absolute Gasteiger partial charge is 0.426 e. The summed E-state index contributed by atoms with van der Waals surface area (Å²) in [6, 6.07) is 33.2. The van der Waals surface area contributed by atoms with E-state index in [1.54, 1.807) is 24.3 Å². The molecule has 0 spiro atoms.